The van der Waals surface area contributed by atoms with Crippen molar-refractivity contribution in [3.8, 4) is 11.3 Å². The van der Waals surface area contributed by atoms with Crippen molar-refractivity contribution in [3.63, 3.8) is 0 Å². The third kappa shape index (κ3) is 3.53. The number of fused-ring (bicyclic) bond motifs is 1. The van der Waals surface area contributed by atoms with E-state index in [-0.39, 0.29) is 11.0 Å². The molecule has 6 nitrogen and oxygen atoms in total. The quantitative estimate of drug-likeness (QED) is 0.446. The van der Waals surface area contributed by atoms with Crippen LogP contribution in [0.1, 0.15) is 49.0 Å². The Labute approximate surface area is 185 Å². The Morgan fingerprint density at radius 2 is 1.75 bits per heavy atom. The molecule has 8 heteroatoms. The molecule has 0 spiro atoms. The number of aryl methyl sites for hydroxylation is 2. The smallest absolute Gasteiger partial charge is 0.263 e. The van der Waals surface area contributed by atoms with Gasteiger partial charge in [-0.2, -0.15) is 0 Å². The van der Waals surface area contributed by atoms with E-state index in [1.165, 1.54) is 12.1 Å². The fourth-order valence-electron chi connectivity index (χ4n) is 4.57. The summed E-state index contributed by atoms with van der Waals surface area (Å²) >= 11 is 0. The number of nitrogens with one attached hydrogen (secondary N) is 2. The Balaban J connectivity index is 1.37. The number of alkyl halides is 2. The number of aromatic amines is 2. The van der Waals surface area contributed by atoms with E-state index in [0.29, 0.717) is 0 Å². The molecule has 166 valence electrons. The van der Waals surface area contributed by atoms with Crippen LogP contribution in [-0.2, 0) is 5.41 Å². The molecule has 1 fully saturated rings. The zero-order chi connectivity index (χ0) is 22.5. The number of H-pyrrole nitrogens is 2. The fourth-order valence-corrected chi connectivity index (χ4v) is 4.57. The van der Waals surface area contributed by atoms with Gasteiger partial charge < -0.3 is 14.9 Å². The van der Waals surface area contributed by atoms with Crippen molar-refractivity contribution in [2.75, 3.05) is 18.0 Å². The van der Waals surface area contributed by atoms with Crippen molar-refractivity contribution in [2.45, 2.75) is 45.5 Å². The van der Waals surface area contributed by atoms with Crippen LogP contribution in [0.3, 0.4) is 0 Å². The number of piperidine rings is 1. The first kappa shape index (κ1) is 20.6. The maximum Gasteiger partial charge on any atom is 0.263 e. The minimum atomic E-state index is -2.46. The topological polar surface area (TPSA) is 73.5 Å². The second-order valence-corrected chi connectivity index (χ2v) is 8.94. The number of benzene rings is 1. The molecule has 1 saturated heterocycles. The summed E-state index contributed by atoms with van der Waals surface area (Å²) in [5.74, 6) is 1.92. The third-order valence-corrected chi connectivity index (χ3v) is 6.60. The summed E-state index contributed by atoms with van der Waals surface area (Å²) in [5.41, 5.74) is 4.50. The average molecular weight is 437 g/mol. The van der Waals surface area contributed by atoms with E-state index in [4.69, 9.17) is 4.98 Å². The molecule has 1 aliphatic rings. The average Bonchev–Trinajstić information content (AvgIpc) is 3.36. The van der Waals surface area contributed by atoms with Crippen LogP contribution in [0.25, 0.3) is 22.3 Å². The van der Waals surface area contributed by atoms with E-state index >= 15 is 0 Å². The van der Waals surface area contributed by atoms with E-state index < -0.39 is 6.43 Å². The predicted octanol–water partition coefficient (Wildman–Crippen LogP) is 5.46. The lowest BCUT2D eigenvalue weighted by atomic mass is 9.79. The van der Waals surface area contributed by atoms with Crippen LogP contribution in [0.15, 0.2) is 36.7 Å². The molecule has 2 N–H and O–H groups in total. The fraction of sp³-hybridized carbons (Fsp3) is 0.375. The van der Waals surface area contributed by atoms with Crippen LogP contribution in [0, 0.1) is 13.8 Å². The maximum atomic E-state index is 12.9. The minimum absolute atomic E-state index is 0.0259. The van der Waals surface area contributed by atoms with Gasteiger partial charge in [0, 0.05) is 41.0 Å². The van der Waals surface area contributed by atoms with E-state index in [1.54, 1.807) is 18.5 Å². The SMILES string of the molecule is Cc1cc2c(N3CCC(C)(c4nc(-c5ccc(C(F)F)cc5)c(C)[nH]4)CC3)ncnc2[nH]1. The van der Waals surface area contributed by atoms with Crippen LogP contribution in [0.5, 0.6) is 0 Å². The molecule has 1 aliphatic heterocycles. The highest BCUT2D eigenvalue weighted by Crippen LogP contribution is 2.37. The Morgan fingerprint density at radius 3 is 2.44 bits per heavy atom. The molecule has 1 aromatic carbocycles. The molecule has 5 rings (SSSR count). The number of nitrogens with zero attached hydrogens (tertiary/aromatic N) is 4. The van der Waals surface area contributed by atoms with Gasteiger partial charge in [0.05, 0.1) is 11.1 Å². The lowest BCUT2D eigenvalue weighted by Gasteiger charge is -2.38. The summed E-state index contributed by atoms with van der Waals surface area (Å²) in [6, 6.07) is 8.48. The number of hydrogen-bond acceptors (Lipinski definition) is 4. The van der Waals surface area contributed by atoms with Gasteiger partial charge in [-0.1, -0.05) is 31.2 Å². The highest BCUT2D eigenvalue weighted by molar-refractivity contribution is 5.88. The highest BCUT2D eigenvalue weighted by Gasteiger charge is 2.35. The van der Waals surface area contributed by atoms with Gasteiger partial charge in [0.15, 0.2) is 0 Å². The first-order valence-electron chi connectivity index (χ1n) is 10.8. The molecular weight excluding hydrogens is 410 g/mol. The van der Waals surface area contributed by atoms with Gasteiger partial charge in [0.25, 0.3) is 6.43 Å². The van der Waals surface area contributed by atoms with E-state index in [2.05, 4.69) is 37.8 Å². The second-order valence-electron chi connectivity index (χ2n) is 8.94. The second kappa shape index (κ2) is 7.69. The lowest BCUT2D eigenvalue weighted by Crippen LogP contribution is -2.42. The summed E-state index contributed by atoms with van der Waals surface area (Å²) in [6.07, 6.45) is 1.01. The molecule has 0 radical (unpaired) electrons. The van der Waals surface area contributed by atoms with Crippen LogP contribution < -0.4 is 4.90 Å². The molecule has 0 saturated carbocycles. The van der Waals surface area contributed by atoms with E-state index in [0.717, 1.165) is 71.3 Å². The number of hydrogen-bond donors (Lipinski definition) is 2. The van der Waals surface area contributed by atoms with Gasteiger partial charge in [0.2, 0.25) is 0 Å². The summed E-state index contributed by atoms with van der Waals surface area (Å²) in [5, 5.41) is 1.05. The third-order valence-electron chi connectivity index (χ3n) is 6.60. The first-order valence-corrected chi connectivity index (χ1v) is 10.8. The van der Waals surface area contributed by atoms with Crippen molar-refractivity contribution in [1.82, 2.24) is 24.9 Å². The van der Waals surface area contributed by atoms with Crippen LogP contribution in [0.4, 0.5) is 14.6 Å². The molecule has 0 atom stereocenters. The van der Waals surface area contributed by atoms with Crippen molar-refractivity contribution in [3.05, 3.63) is 59.4 Å². The molecule has 3 aromatic heterocycles. The van der Waals surface area contributed by atoms with E-state index in [9.17, 15) is 8.78 Å². The van der Waals surface area contributed by atoms with Crippen molar-refractivity contribution in [1.29, 1.82) is 0 Å². The Morgan fingerprint density at radius 1 is 1.03 bits per heavy atom. The molecule has 4 aromatic rings. The first-order chi connectivity index (χ1) is 15.3. The van der Waals surface area contributed by atoms with Crippen molar-refractivity contribution < 1.29 is 8.78 Å². The highest BCUT2D eigenvalue weighted by atomic mass is 19.3. The largest absolute Gasteiger partial charge is 0.356 e. The number of anilines is 1. The molecule has 0 bridgehead atoms. The molecular formula is C24H26F2N6. The van der Waals surface area contributed by atoms with Crippen LogP contribution in [-0.4, -0.2) is 38.0 Å². The molecule has 32 heavy (non-hydrogen) atoms. The van der Waals surface area contributed by atoms with Gasteiger partial charge in [-0.25, -0.2) is 23.7 Å². The Kier molecular flexibility index (Phi) is 4.95. The molecule has 0 amide bonds. The predicted molar refractivity (Wildman–Crippen MR) is 121 cm³/mol. The summed E-state index contributed by atoms with van der Waals surface area (Å²) in [4.78, 5) is 22.9. The summed E-state index contributed by atoms with van der Waals surface area (Å²) < 4.78 is 25.8. The van der Waals surface area contributed by atoms with E-state index in [1.807, 2.05) is 13.8 Å². The number of rotatable bonds is 4. The zero-order valence-corrected chi connectivity index (χ0v) is 18.4. The molecule has 0 unspecified atom stereocenters. The number of aromatic nitrogens is 5. The van der Waals surface area contributed by atoms with Crippen LogP contribution in [0.2, 0.25) is 0 Å². The van der Waals surface area contributed by atoms with Gasteiger partial charge in [-0.15, -0.1) is 0 Å². The lowest BCUT2D eigenvalue weighted by molar-refractivity contribution is 0.151. The van der Waals surface area contributed by atoms with Gasteiger partial charge in [0.1, 0.15) is 23.6 Å². The summed E-state index contributed by atoms with van der Waals surface area (Å²) in [6.45, 7) is 7.98. The van der Waals surface area contributed by atoms with Gasteiger partial charge in [-0.3, -0.25) is 0 Å². The number of imidazole rings is 1. The van der Waals surface area contributed by atoms with Crippen molar-refractivity contribution in [2.24, 2.45) is 0 Å². The molecule has 4 heterocycles. The van der Waals surface area contributed by atoms with Crippen molar-refractivity contribution >= 4 is 16.9 Å². The molecule has 0 aliphatic carbocycles. The standard InChI is InChI=1S/C24H26F2N6/c1-14-12-18-21(29-14)27-13-28-22(18)32-10-8-24(3,9-11-32)23-30-15(2)19(31-23)16-4-6-17(7-5-16)20(25)26/h4-7,12-13,20H,8-11H2,1-3H3,(H,30,31)(H,27,28,29). The van der Waals surface area contributed by atoms with Crippen LogP contribution >= 0.6 is 0 Å². The maximum absolute atomic E-state index is 12.9. The zero-order valence-electron chi connectivity index (χ0n) is 18.4. The monoisotopic (exact) mass is 436 g/mol. The van der Waals surface area contributed by atoms with Gasteiger partial charge in [-0.05, 0) is 32.8 Å². The normalized spacial score (nSPS) is 16.2. The number of halogens is 2. The Bertz CT molecular complexity index is 1250. The summed E-state index contributed by atoms with van der Waals surface area (Å²) in [7, 11) is 0. The minimum Gasteiger partial charge on any atom is -0.356 e. The Hall–Kier alpha value is -3.29. The van der Waals surface area contributed by atoms with Gasteiger partial charge >= 0.3 is 0 Å².